The maximum absolute atomic E-state index is 6.20. The Hall–Kier alpha value is -0.176. The molecule has 0 radical (unpaired) electrons. The molecule has 0 heterocycles. The Bertz CT molecular complexity index is 400. The van der Waals surface area contributed by atoms with E-state index in [-0.39, 0.29) is 0 Å². The molecule has 0 amide bonds. The zero-order valence-corrected chi connectivity index (χ0v) is 15.4. The van der Waals surface area contributed by atoms with Gasteiger partial charge in [0, 0.05) is 5.02 Å². The highest BCUT2D eigenvalue weighted by Crippen LogP contribution is 2.21. The minimum Gasteiger partial charge on any atom is -0.322 e. The van der Waals surface area contributed by atoms with Gasteiger partial charge in [-0.05, 0) is 50.9 Å². The highest BCUT2D eigenvalue weighted by Gasteiger charge is 2.26. The van der Waals surface area contributed by atoms with Gasteiger partial charge < -0.3 is 9.05 Å². The first-order chi connectivity index (χ1) is 8.57. The van der Waals surface area contributed by atoms with E-state index < -0.39 is 16.6 Å². The molecule has 0 saturated heterocycles. The predicted octanol–water partition coefficient (Wildman–Crippen LogP) is 4.68. The Morgan fingerprint density at radius 2 is 1.42 bits per heavy atom. The molecule has 0 aliphatic rings. The molecule has 0 bridgehead atoms. The van der Waals surface area contributed by atoms with Crippen LogP contribution in [0.2, 0.25) is 44.3 Å². The van der Waals surface area contributed by atoms with Gasteiger partial charge in [-0.2, -0.15) is 0 Å². The summed E-state index contributed by atoms with van der Waals surface area (Å²) in [5.41, 5.74) is 1.01. The van der Waals surface area contributed by atoms with Crippen LogP contribution in [0, 0.1) is 0 Å². The Balaban J connectivity index is 2.82. The quantitative estimate of drug-likeness (QED) is 0.562. The zero-order valence-electron chi connectivity index (χ0n) is 12.7. The predicted molar refractivity (Wildman–Crippen MR) is 85.9 cm³/mol. The van der Waals surface area contributed by atoms with E-state index >= 15 is 0 Å². The van der Waals surface area contributed by atoms with E-state index in [9.17, 15) is 0 Å². The van der Waals surface area contributed by atoms with Gasteiger partial charge in [0.2, 0.25) is 16.6 Å². The molecule has 0 saturated carbocycles. The first-order valence-electron chi connectivity index (χ1n) is 6.46. The lowest BCUT2D eigenvalue weighted by molar-refractivity contribution is -0.279. The van der Waals surface area contributed by atoms with Crippen molar-refractivity contribution in [2.24, 2.45) is 0 Å². The smallest absolute Gasteiger partial charge is 0.215 e. The average Bonchev–Trinajstić information content (AvgIpc) is 2.16. The molecule has 1 aromatic rings. The van der Waals surface area contributed by atoms with Crippen molar-refractivity contribution in [3.8, 4) is 0 Å². The number of nitrogens with zero attached hydrogens (tertiary/aromatic N) is 1. The van der Waals surface area contributed by atoms with E-state index in [1.54, 1.807) is 5.23 Å². The molecule has 0 N–H and O–H groups in total. The van der Waals surface area contributed by atoms with Crippen molar-refractivity contribution in [3.05, 3.63) is 34.9 Å². The Morgan fingerprint density at radius 1 is 0.947 bits per heavy atom. The van der Waals surface area contributed by atoms with Crippen LogP contribution in [-0.4, -0.2) is 21.9 Å². The third-order valence-corrected chi connectivity index (χ3v) is 3.88. The summed E-state index contributed by atoms with van der Waals surface area (Å²) in [5.74, 6) is 0. The Labute approximate surface area is 123 Å². The number of halogens is 1. The highest BCUT2D eigenvalue weighted by molar-refractivity contribution is 6.70. The van der Waals surface area contributed by atoms with Crippen LogP contribution >= 0.6 is 11.6 Å². The topological polar surface area (TPSA) is 21.7 Å². The second-order valence-electron chi connectivity index (χ2n) is 6.49. The van der Waals surface area contributed by atoms with Crippen molar-refractivity contribution in [1.82, 2.24) is 5.23 Å². The standard InChI is InChI=1S/C13H24ClNO2Si2/c1-18(2,3)16-15(17-19(4,5)6)11-12-9-7-8-10-13(12)14/h7-10H,11H2,1-6H3. The fourth-order valence-corrected chi connectivity index (χ4v) is 3.16. The molecule has 0 aliphatic heterocycles. The van der Waals surface area contributed by atoms with Crippen molar-refractivity contribution < 1.29 is 9.05 Å². The summed E-state index contributed by atoms with van der Waals surface area (Å²) in [7, 11) is -3.42. The van der Waals surface area contributed by atoms with E-state index in [2.05, 4.69) is 39.3 Å². The van der Waals surface area contributed by atoms with Gasteiger partial charge in [-0.25, -0.2) is 0 Å². The monoisotopic (exact) mass is 317 g/mol. The summed E-state index contributed by atoms with van der Waals surface area (Å²) in [4.78, 5) is 0. The van der Waals surface area contributed by atoms with Crippen molar-refractivity contribution in [2.75, 3.05) is 0 Å². The number of hydroxylamine groups is 2. The van der Waals surface area contributed by atoms with Gasteiger partial charge in [-0.3, -0.25) is 0 Å². The summed E-state index contributed by atoms with van der Waals surface area (Å²) in [6.45, 7) is 13.4. The van der Waals surface area contributed by atoms with Crippen molar-refractivity contribution in [3.63, 3.8) is 0 Å². The van der Waals surface area contributed by atoms with E-state index in [1.807, 2.05) is 24.3 Å². The first-order valence-corrected chi connectivity index (χ1v) is 13.7. The number of rotatable bonds is 6. The summed E-state index contributed by atoms with van der Waals surface area (Å²) in [6, 6.07) is 7.78. The largest absolute Gasteiger partial charge is 0.322 e. The minimum absolute atomic E-state index is 0.550. The fourth-order valence-electron chi connectivity index (χ4n) is 1.46. The van der Waals surface area contributed by atoms with Crippen LogP contribution in [-0.2, 0) is 15.6 Å². The molecule has 0 unspecified atom stereocenters. The number of hydrogen-bond acceptors (Lipinski definition) is 3. The molecule has 1 aromatic carbocycles. The second-order valence-corrected chi connectivity index (χ2v) is 15.7. The van der Waals surface area contributed by atoms with Crippen LogP contribution in [0.25, 0.3) is 0 Å². The Kier molecular flexibility index (Phi) is 5.79. The lowest BCUT2D eigenvalue weighted by Gasteiger charge is -2.33. The van der Waals surface area contributed by atoms with Gasteiger partial charge in [0.15, 0.2) is 0 Å². The third-order valence-electron chi connectivity index (χ3n) is 2.01. The van der Waals surface area contributed by atoms with Crippen LogP contribution in [0.1, 0.15) is 5.56 Å². The maximum Gasteiger partial charge on any atom is 0.215 e. The average molecular weight is 318 g/mol. The SMILES string of the molecule is C[Si](C)(C)ON(Cc1ccccc1Cl)O[Si](C)(C)C. The van der Waals surface area contributed by atoms with Gasteiger partial charge in [0.05, 0.1) is 6.54 Å². The van der Waals surface area contributed by atoms with Crippen LogP contribution < -0.4 is 0 Å². The molecule has 3 nitrogen and oxygen atoms in total. The van der Waals surface area contributed by atoms with E-state index in [1.165, 1.54) is 0 Å². The molecular formula is C13H24ClNO2Si2. The molecule has 0 fully saturated rings. The van der Waals surface area contributed by atoms with Crippen LogP contribution in [0.3, 0.4) is 0 Å². The fraction of sp³-hybridized carbons (Fsp3) is 0.538. The maximum atomic E-state index is 6.20. The molecule has 0 spiro atoms. The van der Waals surface area contributed by atoms with Crippen molar-refractivity contribution in [2.45, 2.75) is 45.8 Å². The summed E-state index contributed by atoms with van der Waals surface area (Å²) < 4.78 is 12.0. The molecule has 1 rings (SSSR count). The number of benzene rings is 1. The summed E-state index contributed by atoms with van der Waals surface area (Å²) >= 11 is 6.20. The van der Waals surface area contributed by atoms with Crippen LogP contribution in [0.15, 0.2) is 24.3 Å². The molecule has 0 aromatic heterocycles. The lowest BCUT2D eigenvalue weighted by Crippen LogP contribution is -2.43. The highest BCUT2D eigenvalue weighted by atomic mass is 35.5. The van der Waals surface area contributed by atoms with Crippen LogP contribution in [0.5, 0.6) is 0 Å². The minimum atomic E-state index is -1.71. The van der Waals surface area contributed by atoms with Gasteiger partial charge in [-0.15, -0.1) is 0 Å². The zero-order chi connectivity index (χ0) is 14.7. The van der Waals surface area contributed by atoms with E-state index in [0.717, 1.165) is 10.6 Å². The first kappa shape index (κ1) is 16.9. The van der Waals surface area contributed by atoms with Crippen LogP contribution in [0.4, 0.5) is 0 Å². The van der Waals surface area contributed by atoms with Crippen molar-refractivity contribution in [1.29, 1.82) is 0 Å². The van der Waals surface area contributed by atoms with Gasteiger partial charge in [-0.1, -0.05) is 35.0 Å². The number of hydrogen-bond donors (Lipinski definition) is 0. The Morgan fingerprint density at radius 3 is 1.84 bits per heavy atom. The molecular weight excluding hydrogens is 294 g/mol. The molecule has 108 valence electrons. The van der Waals surface area contributed by atoms with Gasteiger partial charge in [0.25, 0.3) is 0 Å². The summed E-state index contributed by atoms with van der Waals surface area (Å²) in [6.07, 6.45) is 0. The molecule has 0 atom stereocenters. The van der Waals surface area contributed by atoms with Gasteiger partial charge in [0.1, 0.15) is 0 Å². The van der Waals surface area contributed by atoms with E-state index in [0.29, 0.717) is 6.54 Å². The normalized spacial score (nSPS) is 13.1. The van der Waals surface area contributed by atoms with Crippen molar-refractivity contribution >= 4 is 28.2 Å². The lowest BCUT2D eigenvalue weighted by atomic mass is 10.2. The van der Waals surface area contributed by atoms with Gasteiger partial charge >= 0.3 is 0 Å². The third kappa shape index (κ3) is 7.24. The summed E-state index contributed by atoms with van der Waals surface area (Å²) in [5, 5.41) is 2.38. The molecule has 6 heteroatoms. The molecule has 19 heavy (non-hydrogen) atoms. The van der Waals surface area contributed by atoms with E-state index in [4.69, 9.17) is 20.7 Å². The molecule has 0 aliphatic carbocycles. The second kappa shape index (κ2) is 6.52.